The summed E-state index contributed by atoms with van der Waals surface area (Å²) in [4.78, 5) is 22.5. The molecule has 1 aliphatic carbocycles. The van der Waals surface area contributed by atoms with Gasteiger partial charge in [-0.2, -0.15) is 0 Å². The number of fused-ring (bicyclic) bond motifs is 1. The van der Waals surface area contributed by atoms with Crippen molar-refractivity contribution in [2.24, 2.45) is 5.92 Å². The first-order valence-corrected chi connectivity index (χ1v) is 6.84. The van der Waals surface area contributed by atoms with E-state index in [9.17, 15) is 9.59 Å². The number of hydrogen-bond donors (Lipinski definition) is 3. The fraction of sp³-hybridized carbons (Fsp3) is 0.467. The number of nitrogens with one attached hydrogen (secondary N) is 2. The Bertz CT molecular complexity index is 516. The molecule has 5 nitrogen and oxygen atoms in total. The van der Waals surface area contributed by atoms with Gasteiger partial charge in [-0.3, -0.25) is 4.79 Å². The van der Waals surface area contributed by atoms with Crippen molar-refractivity contribution < 1.29 is 14.7 Å². The molecule has 0 radical (unpaired) electrons. The van der Waals surface area contributed by atoms with Crippen molar-refractivity contribution >= 4 is 12.0 Å². The van der Waals surface area contributed by atoms with Gasteiger partial charge in [0.15, 0.2) is 0 Å². The van der Waals surface area contributed by atoms with Crippen LogP contribution in [0.15, 0.2) is 24.3 Å². The van der Waals surface area contributed by atoms with Gasteiger partial charge in [-0.25, -0.2) is 4.79 Å². The zero-order valence-corrected chi connectivity index (χ0v) is 11.7. The topological polar surface area (TPSA) is 78.4 Å². The van der Waals surface area contributed by atoms with Gasteiger partial charge in [0, 0.05) is 18.5 Å². The Morgan fingerprint density at radius 3 is 2.70 bits per heavy atom. The number of amides is 2. The standard InChI is InChI=1S/C15H20N2O3/c1-9(14(18)19)10(2)17-15(20)16-8-12-7-11-5-3-4-6-13(11)12/h3-6,9-10,12H,7-8H2,1-2H3,(H,18,19)(H2,16,17,20). The van der Waals surface area contributed by atoms with Gasteiger partial charge < -0.3 is 15.7 Å². The number of rotatable bonds is 5. The van der Waals surface area contributed by atoms with Crippen LogP contribution in [0.1, 0.15) is 30.9 Å². The van der Waals surface area contributed by atoms with Crippen molar-refractivity contribution in [2.75, 3.05) is 6.54 Å². The maximum Gasteiger partial charge on any atom is 0.315 e. The van der Waals surface area contributed by atoms with E-state index in [4.69, 9.17) is 5.11 Å². The number of urea groups is 1. The lowest BCUT2D eigenvalue weighted by Crippen LogP contribution is -2.46. The van der Waals surface area contributed by atoms with Crippen LogP contribution in [0, 0.1) is 5.92 Å². The van der Waals surface area contributed by atoms with Gasteiger partial charge in [-0.15, -0.1) is 0 Å². The van der Waals surface area contributed by atoms with Crippen LogP contribution in [0.2, 0.25) is 0 Å². The fourth-order valence-electron chi connectivity index (χ4n) is 2.36. The smallest absolute Gasteiger partial charge is 0.315 e. The van der Waals surface area contributed by atoms with Crippen LogP contribution >= 0.6 is 0 Å². The lowest BCUT2D eigenvalue weighted by atomic mass is 9.78. The molecule has 0 bridgehead atoms. The van der Waals surface area contributed by atoms with Gasteiger partial charge in [-0.1, -0.05) is 24.3 Å². The minimum atomic E-state index is -0.911. The molecule has 3 N–H and O–H groups in total. The molecule has 20 heavy (non-hydrogen) atoms. The molecule has 0 heterocycles. The average molecular weight is 276 g/mol. The van der Waals surface area contributed by atoms with E-state index < -0.39 is 17.9 Å². The molecule has 2 rings (SSSR count). The summed E-state index contributed by atoms with van der Waals surface area (Å²) in [5.74, 6) is -1.15. The zero-order chi connectivity index (χ0) is 14.7. The van der Waals surface area contributed by atoms with Crippen molar-refractivity contribution in [1.29, 1.82) is 0 Å². The molecule has 1 aromatic rings. The van der Waals surface area contributed by atoms with Gasteiger partial charge in [0.1, 0.15) is 0 Å². The van der Waals surface area contributed by atoms with Crippen molar-refractivity contribution in [3.05, 3.63) is 35.4 Å². The summed E-state index contributed by atoms with van der Waals surface area (Å²) in [7, 11) is 0. The first kappa shape index (κ1) is 14.4. The van der Waals surface area contributed by atoms with E-state index in [0.29, 0.717) is 12.5 Å². The van der Waals surface area contributed by atoms with Crippen LogP contribution in [-0.4, -0.2) is 29.7 Å². The van der Waals surface area contributed by atoms with E-state index in [0.717, 1.165) is 6.42 Å². The highest BCUT2D eigenvalue weighted by atomic mass is 16.4. The summed E-state index contributed by atoms with van der Waals surface area (Å²) < 4.78 is 0. The average Bonchev–Trinajstić information content (AvgIpc) is 2.38. The molecule has 0 fully saturated rings. The second kappa shape index (κ2) is 5.94. The predicted octanol–water partition coefficient (Wildman–Crippen LogP) is 1.73. The summed E-state index contributed by atoms with van der Waals surface area (Å²) in [5.41, 5.74) is 2.63. The highest BCUT2D eigenvalue weighted by molar-refractivity contribution is 5.76. The summed E-state index contributed by atoms with van der Waals surface area (Å²) in [6.45, 7) is 3.85. The van der Waals surface area contributed by atoms with E-state index in [1.54, 1.807) is 13.8 Å². The maximum atomic E-state index is 11.7. The first-order valence-electron chi connectivity index (χ1n) is 6.84. The van der Waals surface area contributed by atoms with Gasteiger partial charge in [0.25, 0.3) is 0 Å². The van der Waals surface area contributed by atoms with Crippen LogP contribution in [-0.2, 0) is 11.2 Å². The Morgan fingerprint density at radius 1 is 1.35 bits per heavy atom. The molecular weight excluding hydrogens is 256 g/mol. The SMILES string of the molecule is CC(NC(=O)NCC1Cc2ccccc21)C(C)C(=O)O. The Kier molecular flexibility index (Phi) is 4.27. The summed E-state index contributed by atoms with van der Waals surface area (Å²) in [6, 6.07) is 7.49. The fourth-order valence-corrected chi connectivity index (χ4v) is 2.36. The van der Waals surface area contributed by atoms with E-state index in [-0.39, 0.29) is 6.03 Å². The van der Waals surface area contributed by atoms with Crippen molar-refractivity contribution in [3.63, 3.8) is 0 Å². The third-order valence-corrected chi connectivity index (χ3v) is 3.97. The van der Waals surface area contributed by atoms with Gasteiger partial charge >= 0.3 is 12.0 Å². The largest absolute Gasteiger partial charge is 0.481 e. The molecule has 1 aromatic carbocycles. The Balaban J connectivity index is 1.76. The van der Waals surface area contributed by atoms with Crippen molar-refractivity contribution in [1.82, 2.24) is 10.6 Å². The number of benzene rings is 1. The Morgan fingerprint density at radius 2 is 2.05 bits per heavy atom. The molecule has 0 aromatic heterocycles. The van der Waals surface area contributed by atoms with Crippen LogP contribution in [0.4, 0.5) is 4.79 Å². The van der Waals surface area contributed by atoms with Crippen LogP contribution in [0.5, 0.6) is 0 Å². The van der Waals surface area contributed by atoms with Crippen LogP contribution < -0.4 is 10.6 Å². The number of carboxylic acids is 1. The third-order valence-electron chi connectivity index (χ3n) is 3.97. The quantitative estimate of drug-likeness (QED) is 0.766. The summed E-state index contributed by atoms with van der Waals surface area (Å²) in [5, 5.41) is 14.3. The lowest BCUT2D eigenvalue weighted by Gasteiger charge is -2.30. The predicted molar refractivity (Wildman–Crippen MR) is 75.7 cm³/mol. The molecule has 2 amide bonds. The number of carboxylic acid groups (broad SMARTS) is 1. The number of hydrogen-bond acceptors (Lipinski definition) is 2. The normalized spacial score (nSPS) is 19.2. The van der Waals surface area contributed by atoms with E-state index >= 15 is 0 Å². The Labute approximate surface area is 118 Å². The van der Waals surface area contributed by atoms with Crippen molar-refractivity contribution in [2.45, 2.75) is 32.2 Å². The molecule has 0 saturated carbocycles. The van der Waals surface area contributed by atoms with Gasteiger partial charge in [0.2, 0.25) is 0 Å². The van der Waals surface area contributed by atoms with E-state index in [1.807, 2.05) is 12.1 Å². The molecule has 0 saturated heterocycles. The van der Waals surface area contributed by atoms with Crippen molar-refractivity contribution in [3.8, 4) is 0 Å². The molecular formula is C15H20N2O3. The lowest BCUT2D eigenvalue weighted by molar-refractivity contribution is -0.141. The first-order chi connectivity index (χ1) is 9.49. The molecule has 5 heteroatoms. The third kappa shape index (κ3) is 3.10. The summed E-state index contributed by atoms with van der Waals surface area (Å²) >= 11 is 0. The zero-order valence-electron chi connectivity index (χ0n) is 11.7. The van der Waals surface area contributed by atoms with Crippen LogP contribution in [0.3, 0.4) is 0 Å². The second-order valence-electron chi connectivity index (χ2n) is 5.37. The molecule has 0 aliphatic heterocycles. The number of carbonyl (C=O) groups excluding carboxylic acids is 1. The molecule has 3 atom stereocenters. The summed E-state index contributed by atoms with van der Waals surface area (Å²) in [6.07, 6.45) is 0.984. The maximum absolute atomic E-state index is 11.7. The highest BCUT2D eigenvalue weighted by Crippen LogP contribution is 2.33. The van der Waals surface area contributed by atoms with E-state index in [1.165, 1.54) is 11.1 Å². The molecule has 0 spiro atoms. The number of carbonyl (C=O) groups is 2. The van der Waals surface area contributed by atoms with Crippen LogP contribution in [0.25, 0.3) is 0 Å². The minimum Gasteiger partial charge on any atom is -0.481 e. The number of aliphatic carboxylic acids is 1. The van der Waals surface area contributed by atoms with Gasteiger partial charge in [0.05, 0.1) is 5.92 Å². The molecule has 1 aliphatic rings. The highest BCUT2D eigenvalue weighted by Gasteiger charge is 2.26. The molecule has 108 valence electrons. The second-order valence-corrected chi connectivity index (χ2v) is 5.37. The monoisotopic (exact) mass is 276 g/mol. The molecule has 3 unspecified atom stereocenters. The van der Waals surface area contributed by atoms with Gasteiger partial charge in [-0.05, 0) is 31.4 Å². The Hall–Kier alpha value is -2.04. The van der Waals surface area contributed by atoms with E-state index in [2.05, 4.69) is 22.8 Å². The minimum absolute atomic E-state index is 0.310.